The number of carbonyl (C=O) groups is 4. The molecule has 1 rings (SSSR count). The van der Waals surface area contributed by atoms with E-state index >= 15 is 0 Å². The molecular formula is C30H47NO11. The van der Waals surface area contributed by atoms with Crippen molar-refractivity contribution in [2.75, 3.05) is 26.4 Å². The second kappa shape index (κ2) is 18.1. The van der Waals surface area contributed by atoms with E-state index in [2.05, 4.69) is 0 Å². The molecule has 0 amide bonds. The summed E-state index contributed by atoms with van der Waals surface area (Å²) >= 11 is 0. The molecule has 0 bridgehead atoms. The van der Waals surface area contributed by atoms with Gasteiger partial charge in [0.25, 0.3) is 0 Å². The Morgan fingerprint density at radius 1 is 0.762 bits per heavy atom. The lowest BCUT2D eigenvalue weighted by Gasteiger charge is -2.19. The number of benzene rings is 1. The van der Waals surface area contributed by atoms with E-state index in [1.54, 1.807) is 13.0 Å². The van der Waals surface area contributed by atoms with Crippen molar-refractivity contribution in [3.63, 3.8) is 0 Å². The van der Waals surface area contributed by atoms with Gasteiger partial charge in [-0.1, -0.05) is 67.4 Å². The largest absolute Gasteiger partial charge is 0.513 e. The second-order valence-corrected chi connectivity index (χ2v) is 11.6. The van der Waals surface area contributed by atoms with Crippen LogP contribution < -0.4 is 15.2 Å². The highest BCUT2D eigenvalue weighted by Crippen LogP contribution is 2.30. The second-order valence-electron chi connectivity index (χ2n) is 11.6. The van der Waals surface area contributed by atoms with Crippen LogP contribution in [0.2, 0.25) is 0 Å². The van der Waals surface area contributed by atoms with Crippen molar-refractivity contribution < 1.29 is 52.3 Å². The molecule has 0 saturated carbocycles. The highest BCUT2D eigenvalue weighted by molar-refractivity contribution is 5.76. The molecule has 238 valence electrons. The molecule has 0 saturated heterocycles. The molecule has 1 aromatic rings. The minimum absolute atomic E-state index is 0.00128. The zero-order valence-corrected chi connectivity index (χ0v) is 26.1. The van der Waals surface area contributed by atoms with Crippen LogP contribution in [0.25, 0.3) is 0 Å². The van der Waals surface area contributed by atoms with E-state index in [9.17, 15) is 19.2 Å². The Kier molecular flexibility index (Phi) is 15.7. The Balaban J connectivity index is 2.84. The van der Waals surface area contributed by atoms with Crippen LogP contribution in [0.4, 0.5) is 14.4 Å². The topological polar surface area (TPSA) is 159 Å². The lowest BCUT2D eigenvalue weighted by molar-refractivity contribution is -0.148. The molecule has 2 N–H and O–H groups in total. The van der Waals surface area contributed by atoms with Gasteiger partial charge in [-0.25, -0.2) is 14.4 Å². The molecule has 0 aliphatic heterocycles. The van der Waals surface area contributed by atoms with E-state index in [0.29, 0.717) is 5.56 Å². The number of nitrogens with two attached hydrogens (primary N) is 1. The first-order chi connectivity index (χ1) is 19.6. The summed E-state index contributed by atoms with van der Waals surface area (Å²) in [5.74, 6) is -0.657. The summed E-state index contributed by atoms with van der Waals surface area (Å²) in [6, 6.07) is 3.27. The van der Waals surface area contributed by atoms with Crippen LogP contribution in [-0.2, 0) is 34.9 Å². The van der Waals surface area contributed by atoms with Gasteiger partial charge in [0.15, 0.2) is 11.5 Å². The van der Waals surface area contributed by atoms with E-state index in [1.807, 2.05) is 48.5 Å². The van der Waals surface area contributed by atoms with Gasteiger partial charge in [-0.3, -0.25) is 4.79 Å². The predicted molar refractivity (Wildman–Crippen MR) is 153 cm³/mol. The highest BCUT2D eigenvalue weighted by atomic mass is 16.7. The molecule has 12 heteroatoms. The maximum absolute atomic E-state index is 12.5. The van der Waals surface area contributed by atoms with Crippen molar-refractivity contribution in [2.45, 2.75) is 86.8 Å². The van der Waals surface area contributed by atoms with Crippen LogP contribution in [0, 0.1) is 17.3 Å². The highest BCUT2D eigenvalue weighted by Gasteiger charge is 2.22. The van der Waals surface area contributed by atoms with Crippen molar-refractivity contribution in [3.8, 4) is 11.5 Å². The van der Waals surface area contributed by atoms with Crippen molar-refractivity contribution in [3.05, 3.63) is 23.8 Å². The Morgan fingerprint density at radius 2 is 1.31 bits per heavy atom. The number of hydrogen-bond acceptors (Lipinski definition) is 12. The summed E-state index contributed by atoms with van der Waals surface area (Å²) < 4.78 is 36.1. The molecule has 2 unspecified atom stereocenters. The monoisotopic (exact) mass is 597 g/mol. The van der Waals surface area contributed by atoms with Crippen LogP contribution in [0.5, 0.6) is 11.5 Å². The summed E-state index contributed by atoms with van der Waals surface area (Å²) in [6.45, 7) is 15.3. The quantitative estimate of drug-likeness (QED) is 0.147. The molecule has 12 nitrogen and oxygen atoms in total. The molecule has 1 aromatic carbocycles. The van der Waals surface area contributed by atoms with Gasteiger partial charge in [0.05, 0.1) is 19.8 Å². The first-order valence-electron chi connectivity index (χ1n) is 14.2. The van der Waals surface area contributed by atoms with Gasteiger partial charge in [0.2, 0.25) is 0 Å². The molecule has 0 fully saturated rings. The van der Waals surface area contributed by atoms with Crippen LogP contribution in [0.15, 0.2) is 18.2 Å². The Morgan fingerprint density at radius 3 is 1.83 bits per heavy atom. The third-order valence-corrected chi connectivity index (χ3v) is 5.90. The van der Waals surface area contributed by atoms with E-state index in [0.717, 1.165) is 12.8 Å². The standard InChI is InChI=1S/C30H47NO11/c1-9-19(3)15-37-27(33)41-24-12-11-22(14-25(24)42-28(34)38-16-20(4)10-2)13-23(31)26(32)36-17-21(5)40-29(35)39-18-30(6,7)8/h11-12,14,19-21,23H,9-10,13,15-18,31H2,1-8H3/t19?,20?,21-,23-/m0/s1. The van der Waals surface area contributed by atoms with Gasteiger partial charge < -0.3 is 38.9 Å². The fraction of sp³-hybridized carbons (Fsp3) is 0.667. The number of carbonyl (C=O) groups excluding carboxylic acids is 4. The zero-order chi connectivity index (χ0) is 31.9. The molecule has 0 spiro atoms. The molecule has 0 radical (unpaired) electrons. The Bertz CT molecular complexity index is 1020. The summed E-state index contributed by atoms with van der Waals surface area (Å²) in [7, 11) is 0. The molecule has 0 heterocycles. The smallest absolute Gasteiger partial charge is 0.461 e. The summed E-state index contributed by atoms with van der Waals surface area (Å²) in [6.07, 6.45) is -1.94. The molecule has 42 heavy (non-hydrogen) atoms. The minimum Gasteiger partial charge on any atom is -0.461 e. The first-order valence-corrected chi connectivity index (χ1v) is 14.2. The lowest BCUT2D eigenvalue weighted by atomic mass is 9.99. The molecule has 0 aromatic heterocycles. The number of esters is 1. The first kappa shape index (κ1) is 36.5. The van der Waals surface area contributed by atoms with Crippen molar-refractivity contribution >= 4 is 24.4 Å². The Hall–Kier alpha value is -3.54. The summed E-state index contributed by atoms with van der Waals surface area (Å²) in [5.41, 5.74) is 6.30. The van der Waals surface area contributed by atoms with Gasteiger partial charge in [-0.2, -0.15) is 0 Å². The van der Waals surface area contributed by atoms with Crippen LogP contribution in [-0.4, -0.2) is 63.0 Å². The Labute approximate surface area is 248 Å². The molecule has 4 atom stereocenters. The van der Waals surface area contributed by atoms with Crippen LogP contribution in [0.1, 0.15) is 73.8 Å². The average Bonchev–Trinajstić information content (AvgIpc) is 2.92. The van der Waals surface area contributed by atoms with Crippen molar-refractivity contribution in [1.29, 1.82) is 0 Å². The SMILES string of the molecule is CCC(C)COC(=O)Oc1ccc(C[C@H](N)C(=O)OC[C@H](C)OC(=O)OCC(C)(C)C)cc1OC(=O)OCC(C)CC. The molecular weight excluding hydrogens is 550 g/mol. The van der Waals surface area contributed by atoms with Gasteiger partial charge >= 0.3 is 24.4 Å². The summed E-state index contributed by atoms with van der Waals surface area (Å²) in [5, 5.41) is 0. The van der Waals surface area contributed by atoms with E-state index in [-0.39, 0.29) is 61.6 Å². The number of rotatable bonds is 15. The van der Waals surface area contributed by atoms with Gasteiger partial charge in [0, 0.05) is 0 Å². The number of hydrogen-bond donors (Lipinski definition) is 1. The molecule has 0 aliphatic rings. The predicted octanol–water partition coefficient (Wildman–Crippen LogP) is 5.81. The van der Waals surface area contributed by atoms with E-state index in [1.165, 1.54) is 12.1 Å². The van der Waals surface area contributed by atoms with Gasteiger partial charge in [-0.15, -0.1) is 0 Å². The van der Waals surface area contributed by atoms with Gasteiger partial charge in [0.1, 0.15) is 18.8 Å². The maximum Gasteiger partial charge on any atom is 0.513 e. The van der Waals surface area contributed by atoms with Crippen LogP contribution in [0.3, 0.4) is 0 Å². The minimum atomic E-state index is -1.09. The molecule has 0 aliphatic carbocycles. The van der Waals surface area contributed by atoms with Crippen molar-refractivity contribution in [1.82, 2.24) is 0 Å². The third kappa shape index (κ3) is 15.5. The van der Waals surface area contributed by atoms with E-state index in [4.69, 9.17) is 38.9 Å². The third-order valence-electron chi connectivity index (χ3n) is 5.90. The van der Waals surface area contributed by atoms with Crippen LogP contribution >= 0.6 is 0 Å². The lowest BCUT2D eigenvalue weighted by Crippen LogP contribution is -2.36. The fourth-order valence-corrected chi connectivity index (χ4v) is 2.89. The zero-order valence-electron chi connectivity index (χ0n) is 26.1. The maximum atomic E-state index is 12.5. The normalized spacial score (nSPS) is 14.0. The van der Waals surface area contributed by atoms with Gasteiger partial charge in [-0.05, 0) is 48.3 Å². The van der Waals surface area contributed by atoms with Crippen molar-refractivity contribution in [2.24, 2.45) is 23.0 Å². The average molecular weight is 598 g/mol. The fourth-order valence-electron chi connectivity index (χ4n) is 2.89. The van der Waals surface area contributed by atoms with E-state index < -0.39 is 36.6 Å². The summed E-state index contributed by atoms with van der Waals surface area (Å²) in [4.78, 5) is 48.8. The number of ether oxygens (including phenoxy) is 7.